The number of aromatic nitrogens is 5. The summed E-state index contributed by atoms with van der Waals surface area (Å²) >= 11 is 0. The van der Waals surface area contributed by atoms with Crippen molar-refractivity contribution in [3.63, 3.8) is 0 Å². The Balaban J connectivity index is 1.33. The summed E-state index contributed by atoms with van der Waals surface area (Å²) in [7, 11) is 0. The van der Waals surface area contributed by atoms with E-state index >= 15 is 0 Å². The van der Waals surface area contributed by atoms with Crippen molar-refractivity contribution in [1.29, 1.82) is 0 Å². The van der Waals surface area contributed by atoms with Gasteiger partial charge in [0.25, 0.3) is 0 Å². The van der Waals surface area contributed by atoms with Crippen molar-refractivity contribution in [3.8, 4) is 45.5 Å². The molecule has 5 nitrogen and oxygen atoms in total. The zero-order valence-electron chi connectivity index (χ0n) is 35.8. The molecule has 53 heavy (non-hydrogen) atoms. The second-order valence-electron chi connectivity index (χ2n) is 13.9. The Morgan fingerprint density at radius 1 is 0.491 bits per heavy atom. The van der Waals surface area contributed by atoms with Gasteiger partial charge >= 0.3 is 0 Å². The first-order valence-corrected chi connectivity index (χ1v) is 17.6. The largest absolute Gasteiger partial charge is 0.307 e. The van der Waals surface area contributed by atoms with Gasteiger partial charge in [-0.3, -0.25) is 4.57 Å². The van der Waals surface area contributed by atoms with Crippen LogP contribution in [0.15, 0.2) is 164 Å². The van der Waals surface area contributed by atoms with Gasteiger partial charge in [-0.2, -0.15) is 9.97 Å². The van der Waals surface area contributed by atoms with E-state index in [1.165, 1.54) is 0 Å². The number of nitrogens with zero attached hydrogens (tertiary/aromatic N) is 5. The molecule has 0 spiro atoms. The van der Waals surface area contributed by atoms with Crippen molar-refractivity contribution in [2.75, 3.05) is 0 Å². The summed E-state index contributed by atoms with van der Waals surface area (Å²) in [6.45, 7) is 3.60. The summed E-state index contributed by atoms with van der Waals surface area (Å²) in [6, 6.07) is 38.2. The van der Waals surface area contributed by atoms with Crippen LogP contribution < -0.4 is 0 Å². The predicted octanol–water partition coefficient (Wildman–Crippen LogP) is 11.7. The monoisotopic (exact) mass is 686 g/mol. The van der Waals surface area contributed by atoms with Gasteiger partial charge in [-0.15, -0.1) is 0 Å². The van der Waals surface area contributed by atoms with E-state index in [1.807, 2.05) is 83.4 Å². The first kappa shape index (κ1) is 23.6. The third-order valence-corrected chi connectivity index (χ3v) is 10.6. The topological polar surface area (TPSA) is 48.5 Å². The molecule has 11 rings (SSSR count). The van der Waals surface area contributed by atoms with Gasteiger partial charge in [0.1, 0.15) is 0 Å². The van der Waals surface area contributed by atoms with Crippen LogP contribution in [0.5, 0.6) is 0 Å². The van der Waals surface area contributed by atoms with Crippen molar-refractivity contribution in [3.05, 3.63) is 175 Å². The van der Waals surface area contributed by atoms with Crippen molar-refractivity contribution >= 4 is 43.6 Å². The number of rotatable bonds is 4. The van der Waals surface area contributed by atoms with Gasteiger partial charge in [0, 0.05) is 43.8 Å². The minimum Gasteiger partial charge on any atom is -0.307 e. The molecule has 3 heterocycles. The molecule has 0 atom stereocenters. The van der Waals surface area contributed by atoms with Gasteiger partial charge in [-0.25, -0.2) is 4.98 Å². The van der Waals surface area contributed by atoms with Crippen molar-refractivity contribution in [2.24, 2.45) is 0 Å². The Kier molecular flexibility index (Phi) is 4.93. The van der Waals surface area contributed by atoms with Crippen molar-refractivity contribution in [1.82, 2.24) is 24.1 Å². The van der Waals surface area contributed by atoms with E-state index in [4.69, 9.17) is 20.4 Å². The molecule has 0 bridgehead atoms. The van der Waals surface area contributed by atoms with Crippen molar-refractivity contribution < 1.29 is 9.60 Å². The fraction of sp³-hybridized carbons (Fsp3) is 0.0625. The standard InChI is InChI=1S/C48H33N5/c1-48(2)38-24-12-9-22-36(38)42-37(23-15-25-39(42)48)46-49-45(30-16-5-3-6-17-30)50-47(51-46)53-41-27-14-11-21-33(41)35-29-28-34-32-20-10-13-26-40(32)52(43(34)44(35)53)31-18-7-4-8-19-31/h3-29H,1-2H3/i9D,12D,15D,22D,23D,24D,25D. The van der Waals surface area contributed by atoms with Crippen LogP contribution in [0.25, 0.3) is 89.2 Å². The molecule has 0 radical (unpaired) electrons. The highest BCUT2D eigenvalue weighted by Crippen LogP contribution is 2.52. The zero-order valence-corrected chi connectivity index (χ0v) is 28.8. The Morgan fingerprint density at radius 2 is 1.06 bits per heavy atom. The quantitative estimate of drug-likeness (QED) is 0.185. The van der Waals surface area contributed by atoms with Crippen LogP contribution in [0.1, 0.15) is 34.6 Å². The summed E-state index contributed by atoms with van der Waals surface area (Å²) in [5.74, 6) is 0.607. The van der Waals surface area contributed by atoms with Crippen LogP contribution in [0.2, 0.25) is 0 Å². The molecule has 7 aromatic carbocycles. The number of benzene rings is 7. The Bertz CT molecular complexity index is 3490. The Hall–Kier alpha value is -6.85. The van der Waals surface area contributed by atoms with E-state index in [-0.39, 0.29) is 64.7 Å². The number of para-hydroxylation sites is 3. The van der Waals surface area contributed by atoms with Gasteiger partial charge in [-0.05, 0) is 46.5 Å². The van der Waals surface area contributed by atoms with E-state index in [0.717, 1.165) is 49.3 Å². The average Bonchev–Trinajstić information content (AvgIpc) is 3.88. The summed E-state index contributed by atoms with van der Waals surface area (Å²) in [6.07, 6.45) is 0. The minimum absolute atomic E-state index is 0.0476. The van der Waals surface area contributed by atoms with Gasteiger partial charge in [0.05, 0.1) is 31.7 Å². The highest BCUT2D eigenvalue weighted by atomic mass is 15.2. The average molecular weight is 687 g/mol. The third kappa shape index (κ3) is 4.22. The Labute approximate surface area is 316 Å². The molecule has 0 amide bonds. The first-order valence-electron chi connectivity index (χ1n) is 21.1. The summed E-state index contributed by atoms with van der Waals surface area (Å²) in [5, 5.41) is 4.06. The maximum atomic E-state index is 9.50. The molecule has 1 aliphatic carbocycles. The van der Waals surface area contributed by atoms with Gasteiger partial charge in [0.15, 0.2) is 11.6 Å². The van der Waals surface area contributed by atoms with Crippen LogP contribution in [-0.2, 0) is 5.41 Å². The van der Waals surface area contributed by atoms with Crippen LogP contribution in [0, 0.1) is 0 Å². The SMILES string of the molecule is [2H]c1c([2H])c([2H])c2c(c1[2H])-c1c(-c3nc(-c4ccccc4)nc(-n4c5ccccc5c5ccc6c7ccccc7n(-c7ccccc7)c6c54)n3)c([2H])c([2H])c([2H])c1C2(C)C. The highest BCUT2D eigenvalue weighted by molar-refractivity contribution is 6.23. The third-order valence-electron chi connectivity index (χ3n) is 10.6. The van der Waals surface area contributed by atoms with Gasteiger partial charge in [-0.1, -0.05) is 153 Å². The molecule has 0 unspecified atom stereocenters. The number of fused-ring (bicyclic) bond motifs is 10. The highest BCUT2D eigenvalue weighted by Gasteiger charge is 2.37. The Morgan fingerprint density at radius 3 is 1.79 bits per heavy atom. The molecule has 250 valence electrons. The second-order valence-corrected chi connectivity index (χ2v) is 13.9. The lowest BCUT2D eigenvalue weighted by Gasteiger charge is -2.21. The lowest BCUT2D eigenvalue weighted by molar-refractivity contribution is 0.660. The molecule has 0 N–H and O–H groups in total. The first-order chi connectivity index (χ1) is 29.0. The molecule has 10 aromatic rings. The van der Waals surface area contributed by atoms with Crippen LogP contribution in [0.3, 0.4) is 0 Å². The molecular formula is C48H33N5. The number of hydrogen-bond donors (Lipinski definition) is 0. The van der Waals surface area contributed by atoms with E-state index in [2.05, 4.69) is 47.0 Å². The maximum Gasteiger partial charge on any atom is 0.238 e. The van der Waals surface area contributed by atoms with E-state index < -0.39 is 11.5 Å². The normalized spacial score (nSPS) is 15.1. The molecule has 3 aromatic heterocycles. The zero-order chi connectivity index (χ0) is 41.4. The molecule has 0 aliphatic heterocycles. The fourth-order valence-electron chi connectivity index (χ4n) is 8.23. The molecule has 0 saturated heterocycles. The molecular weight excluding hydrogens is 647 g/mol. The lowest BCUT2D eigenvalue weighted by atomic mass is 9.82. The minimum atomic E-state index is -1.11. The van der Waals surface area contributed by atoms with E-state index in [0.29, 0.717) is 22.5 Å². The second kappa shape index (κ2) is 11.1. The van der Waals surface area contributed by atoms with Crippen LogP contribution >= 0.6 is 0 Å². The summed E-state index contributed by atoms with van der Waals surface area (Å²) < 4.78 is 67.6. The van der Waals surface area contributed by atoms with Gasteiger partial charge in [0.2, 0.25) is 5.95 Å². The van der Waals surface area contributed by atoms with E-state index in [1.54, 1.807) is 13.8 Å². The summed E-state index contributed by atoms with van der Waals surface area (Å²) in [4.78, 5) is 15.5. The maximum absolute atomic E-state index is 9.50. The summed E-state index contributed by atoms with van der Waals surface area (Å²) in [5.41, 5.74) is 5.40. The predicted molar refractivity (Wildman–Crippen MR) is 217 cm³/mol. The fourth-order valence-corrected chi connectivity index (χ4v) is 8.23. The lowest BCUT2D eigenvalue weighted by Crippen LogP contribution is -2.14. The number of hydrogen-bond acceptors (Lipinski definition) is 3. The van der Waals surface area contributed by atoms with Crippen LogP contribution in [0.4, 0.5) is 0 Å². The molecule has 1 aliphatic rings. The molecule has 0 fully saturated rings. The van der Waals surface area contributed by atoms with E-state index in [9.17, 15) is 4.11 Å². The van der Waals surface area contributed by atoms with Crippen molar-refractivity contribution in [2.45, 2.75) is 19.3 Å². The van der Waals surface area contributed by atoms with Gasteiger partial charge < -0.3 is 4.57 Å². The molecule has 5 heteroatoms. The van der Waals surface area contributed by atoms with Crippen LogP contribution in [-0.4, -0.2) is 24.1 Å². The smallest absolute Gasteiger partial charge is 0.238 e. The molecule has 0 saturated carbocycles.